The fourth-order valence-corrected chi connectivity index (χ4v) is 0.979. The molecule has 70 valence electrons. The summed E-state index contributed by atoms with van der Waals surface area (Å²) < 4.78 is 5.18. The second-order valence-corrected chi connectivity index (χ2v) is 2.81. The van der Waals surface area contributed by atoms with Crippen molar-refractivity contribution in [2.45, 2.75) is 39.5 Å². The van der Waals surface area contributed by atoms with E-state index < -0.39 is 0 Å². The first-order valence-electron chi connectivity index (χ1n) is 4.78. The molecule has 0 saturated heterocycles. The SMILES string of the molecule is C=C/C(=C\OCC)CCCCC. The second kappa shape index (κ2) is 8.38. The lowest BCUT2D eigenvalue weighted by molar-refractivity contribution is 0.266. The molecule has 0 heterocycles. The third-order valence-corrected chi connectivity index (χ3v) is 1.73. The Balaban J connectivity index is 3.59. The Morgan fingerprint density at radius 3 is 2.58 bits per heavy atom. The average Bonchev–Trinajstić information content (AvgIpc) is 2.11. The van der Waals surface area contributed by atoms with Gasteiger partial charge in [0.25, 0.3) is 0 Å². The number of hydrogen-bond acceptors (Lipinski definition) is 1. The first-order valence-corrected chi connectivity index (χ1v) is 4.78. The summed E-state index contributed by atoms with van der Waals surface area (Å²) in [4.78, 5) is 0. The Kier molecular flexibility index (Phi) is 7.87. The number of hydrogen-bond donors (Lipinski definition) is 0. The van der Waals surface area contributed by atoms with Crippen LogP contribution in [0.15, 0.2) is 24.5 Å². The van der Waals surface area contributed by atoms with E-state index in [-0.39, 0.29) is 0 Å². The minimum Gasteiger partial charge on any atom is -0.501 e. The van der Waals surface area contributed by atoms with E-state index in [9.17, 15) is 0 Å². The fraction of sp³-hybridized carbons (Fsp3) is 0.636. The molecule has 0 aliphatic heterocycles. The molecule has 0 aliphatic carbocycles. The van der Waals surface area contributed by atoms with E-state index in [0.717, 1.165) is 13.0 Å². The summed E-state index contributed by atoms with van der Waals surface area (Å²) in [6, 6.07) is 0. The lowest BCUT2D eigenvalue weighted by Crippen LogP contribution is -1.84. The Morgan fingerprint density at radius 2 is 2.08 bits per heavy atom. The van der Waals surface area contributed by atoms with Crippen LogP contribution < -0.4 is 0 Å². The molecule has 1 heteroatoms. The van der Waals surface area contributed by atoms with Crippen molar-refractivity contribution in [2.24, 2.45) is 0 Å². The molecule has 0 aliphatic rings. The summed E-state index contributed by atoms with van der Waals surface area (Å²) in [6.45, 7) is 8.68. The van der Waals surface area contributed by atoms with Gasteiger partial charge in [0, 0.05) is 0 Å². The molecule has 12 heavy (non-hydrogen) atoms. The normalized spacial score (nSPS) is 11.3. The van der Waals surface area contributed by atoms with E-state index in [4.69, 9.17) is 4.74 Å². The maximum atomic E-state index is 5.18. The molecule has 0 unspecified atom stereocenters. The zero-order chi connectivity index (χ0) is 9.23. The van der Waals surface area contributed by atoms with Gasteiger partial charge >= 0.3 is 0 Å². The van der Waals surface area contributed by atoms with Gasteiger partial charge in [0.15, 0.2) is 0 Å². The zero-order valence-corrected chi connectivity index (χ0v) is 8.31. The van der Waals surface area contributed by atoms with Gasteiger partial charge < -0.3 is 4.74 Å². The lowest BCUT2D eigenvalue weighted by atomic mass is 10.1. The average molecular weight is 168 g/mol. The molecule has 0 spiro atoms. The van der Waals surface area contributed by atoms with Crippen molar-refractivity contribution in [2.75, 3.05) is 6.61 Å². The maximum Gasteiger partial charge on any atom is 0.0860 e. The van der Waals surface area contributed by atoms with Crippen molar-refractivity contribution < 1.29 is 4.74 Å². The summed E-state index contributed by atoms with van der Waals surface area (Å²) in [7, 11) is 0. The fourth-order valence-electron chi connectivity index (χ4n) is 0.979. The lowest BCUT2D eigenvalue weighted by Gasteiger charge is -2.01. The van der Waals surface area contributed by atoms with Crippen LogP contribution in [0.1, 0.15) is 39.5 Å². The van der Waals surface area contributed by atoms with Gasteiger partial charge in [-0.05, 0) is 25.3 Å². The molecule has 0 atom stereocenters. The van der Waals surface area contributed by atoms with E-state index >= 15 is 0 Å². The van der Waals surface area contributed by atoms with Gasteiger partial charge in [-0.3, -0.25) is 0 Å². The summed E-state index contributed by atoms with van der Waals surface area (Å²) in [6.07, 6.45) is 8.59. The monoisotopic (exact) mass is 168 g/mol. The van der Waals surface area contributed by atoms with Crippen LogP contribution in [0.2, 0.25) is 0 Å². The largest absolute Gasteiger partial charge is 0.501 e. The Bertz CT molecular complexity index is 136. The van der Waals surface area contributed by atoms with E-state index in [1.54, 1.807) is 0 Å². The van der Waals surface area contributed by atoms with Gasteiger partial charge in [0.2, 0.25) is 0 Å². The van der Waals surface area contributed by atoms with Crippen LogP contribution in [0.25, 0.3) is 0 Å². The van der Waals surface area contributed by atoms with Crippen molar-refractivity contribution in [1.29, 1.82) is 0 Å². The van der Waals surface area contributed by atoms with Gasteiger partial charge in [-0.25, -0.2) is 0 Å². The van der Waals surface area contributed by atoms with Crippen molar-refractivity contribution in [1.82, 2.24) is 0 Å². The van der Waals surface area contributed by atoms with Gasteiger partial charge in [-0.2, -0.15) is 0 Å². The number of allylic oxidation sites excluding steroid dienone is 2. The smallest absolute Gasteiger partial charge is 0.0860 e. The highest BCUT2D eigenvalue weighted by Crippen LogP contribution is 2.09. The molecule has 0 aromatic rings. The molecule has 1 nitrogen and oxygen atoms in total. The van der Waals surface area contributed by atoms with Gasteiger partial charge in [-0.15, -0.1) is 0 Å². The van der Waals surface area contributed by atoms with Crippen LogP contribution in [0, 0.1) is 0 Å². The molecule has 0 N–H and O–H groups in total. The molecule has 0 fully saturated rings. The van der Waals surface area contributed by atoms with Crippen LogP contribution in [-0.2, 0) is 4.74 Å². The second-order valence-electron chi connectivity index (χ2n) is 2.81. The summed E-state index contributed by atoms with van der Waals surface area (Å²) >= 11 is 0. The van der Waals surface area contributed by atoms with Crippen molar-refractivity contribution in [3.8, 4) is 0 Å². The zero-order valence-electron chi connectivity index (χ0n) is 8.31. The molecule has 0 aromatic carbocycles. The van der Waals surface area contributed by atoms with Crippen LogP contribution >= 0.6 is 0 Å². The van der Waals surface area contributed by atoms with E-state index in [2.05, 4.69) is 13.5 Å². The molecule has 0 radical (unpaired) electrons. The van der Waals surface area contributed by atoms with E-state index in [1.807, 2.05) is 19.3 Å². The van der Waals surface area contributed by atoms with E-state index in [1.165, 1.54) is 24.8 Å². The number of rotatable bonds is 7. The van der Waals surface area contributed by atoms with Crippen LogP contribution in [0.3, 0.4) is 0 Å². The first-order chi connectivity index (χ1) is 5.85. The number of ether oxygens (including phenoxy) is 1. The highest BCUT2D eigenvalue weighted by molar-refractivity contribution is 5.13. The predicted molar refractivity (Wildman–Crippen MR) is 54.0 cm³/mol. The summed E-state index contributed by atoms with van der Waals surface area (Å²) in [5, 5.41) is 0. The van der Waals surface area contributed by atoms with Crippen LogP contribution in [0.5, 0.6) is 0 Å². The van der Waals surface area contributed by atoms with E-state index in [0.29, 0.717) is 0 Å². The van der Waals surface area contributed by atoms with Gasteiger partial charge in [0.1, 0.15) is 0 Å². The first kappa shape index (κ1) is 11.3. The molecular formula is C11H20O. The molecule has 0 rings (SSSR count). The molecule has 0 amide bonds. The molecule has 0 saturated carbocycles. The van der Waals surface area contributed by atoms with Crippen molar-refractivity contribution >= 4 is 0 Å². The summed E-state index contributed by atoms with van der Waals surface area (Å²) in [5.41, 5.74) is 1.21. The quantitative estimate of drug-likeness (QED) is 0.320. The van der Waals surface area contributed by atoms with Gasteiger partial charge in [-0.1, -0.05) is 32.4 Å². The van der Waals surface area contributed by atoms with Crippen molar-refractivity contribution in [3.63, 3.8) is 0 Å². The highest BCUT2D eigenvalue weighted by atomic mass is 16.5. The third kappa shape index (κ3) is 6.02. The van der Waals surface area contributed by atoms with Crippen molar-refractivity contribution in [3.05, 3.63) is 24.5 Å². The van der Waals surface area contributed by atoms with Crippen LogP contribution in [-0.4, -0.2) is 6.61 Å². The maximum absolute atomic E-state index is 5.18. The Hall–Kier alpha value is -0.720. The molecule has 0 bridgehead atoms. The third-order valence-electron chi connectivity index (χ3n) is 1.73. The minimum atomic E-state index is 0.741. The molecular weight excluding hydrogens is 148 g/mol. The van der Waals surface area contributed by atoms with Gasteiger partial charge in [0.05, 0.1) is 12.9 Å². The Morgan fingerprint density at radius 1 is 1.33 bits per heavy atom. The molecule has 0 aromatic heterocycles. The minimum absolute atomic E-state index is 0.741. The Labute approximate surface area is 76.1 Å². The topological polar surface area (TPSA) is 9.23 Å². The number of unbranched alkanes of at least 4 members (excludes halogenated alkanes) is 2. The predicted octanol–water partition coefficient (Wildman–Crippen LogP) is 3.67. The summed E-state index contributed by atoms with van der Waals surface area (Å²) in [5.74, 6) is 0. The standard InChI is InChI=1S/C11H20O/c1-4-7-8-9-11(5-2)10-12-6-3/h5,10H,2,4,6-9H2,1,3H3/b11-10+. The van der Waals surface area contributed by atoms with Crippen LogP contribution in [0.4, 0.5) is 0 Å². The highest BCUT2D eigenvalue weighted by Gasteiger charge is 1.91.